The van der Waals surface area contributed by atoms with Gasteiger partial charge >= 0.3 is 6.09 Å². The fraction of sp³-hybridized carbons (Fsp3) is 0.900. The monoisotopic (exact) mass is 213 g/mol. The van der Waals surface area contributed by atoms with Crippen molar-refractivity contribution in [1.82, 2.24) is 15.1 Å². The summed E-state index contributed by atoms with van der Waals surface area (Å²) in [5, 5.41) is 3.28. The van der Waals surface area contributed by atoms with Crippen LogP contribution in [0.3, 0.4) is 0 Å². The van der Waals surface area contributed by atoms with Gasteiger partial charge in [0, 0.05) is 45.8 Å². The lowest BCUT2D eigenvalue weighted by molar-refractivity contribution is 0.0812. The zero-order chi connectivity index (χ0) is 10.7. The van der Waals surface area contributed by atoms with Crippen LogP contribution in [-0.2, 0) is 4.74 Å². The van der Waals surface area contributed by atoms with Crippen molar-refractivity contribution >= 4 is 6.09 Å². The summed E-state index contributed by atoms with van der Waals surface area (Å²) in [5.41, 5.74) is 0. The normalized spacial score (nSPS) is 23.7. The molecule has 0 aliphatic carbocycles. The average Bonchev–Trinajstić information content (AvgIpc) is 2.23. The number of carbonyl (C=O) groups excluding carboxylic acids is 1. The number of nitrogens with zero attached hydrogens (tertiary/aromatic N) is 2. The van der Waals surface area contributed by atoms with Crippen molar-refractivity contribution in [2.75, 3.05) is 52.9 Å². The Hall–Kier alpha value is -0.810. The van der Waals surface area contributed by atoms with Crippen molar-refractivity contribution in [2.45, 2.75) is 0 Å². The first-order valence-corrected chi connectivity index (χ1v) is 5.55. The van der Waals surface area contributed by atoms with Crippen LogP contribution in [0.5, 0.6) is 0 Å². The van der Waals surface area contributed by atoms with Crippen LogP contribution in [0.15, 0.2) is 0 Å². The quantitative estimate of drug-likeness (QED) is 0.677. The Morgan fingerprint density at radius 3 is 2.47 bits per heavy atom. The summed E-state index contributed by atoms with van der Waals surface area (Å²) in [6, 6.07) is 0. The van der Waals surface area contributed by atoms with Gasteiger partial charge in [0.15, 0.2) is 0 Å². The third-order valence-corrected chi connectivity index (χ3v) is 3.19. The van der Waals surface area contributed by atoms with Crippen LogP contribution in [0.25, 0.3) is 0 Å². The van der Waals surface area contributed by atoms with E-state index in [1.54, 1.807) is 4.90 Å². The van der Waals surface area contributed by atoms with Crippen molar-refractivity contribution in [3.8, 4) is 0 Å². The second-order valence-corrected chi connectivity index (χ2v) is 4.28. The topological polar surface area (TPSA) is 44.8 Å². The lowest BCUT2D eigenvalue weighted by Gasteiger charge is -2.38. The van der Waals surface area contributed by atoms with E-state index in [0.29, 0.717) is 0 Å². The maximum Gasteiger partial charge on any atom is 0.409 e. The third kappa shape index (κ3) is 2.60. The first-order chi connectivity index (χ1) is 7.29. The van der Waals surface area contributed by atoms with Crippen LogP contribution in [-0.4, -0.2) is 68.8 Å². The molecule has 2 heterocycles. The lowest BCUT2D eigenvalue weighted by atomic mass is 10.0. The Kier molecular flexibility index (Phi) is 3.43. The molecule has 0 saturated carbocycles. The number of rotatable bonds is 2. The van der Waals surface area contributed by atoms with Crippen LogP contribution in [0.1, 0.15) is 0 Å². The van der Waals surface area contributed by atoms with Crippen molar-refractivity contribution in [2.24, 2.45) is 5.92 Å². The predicted molar refractivity (Wildman–Crippen MR) is 56.8 cm³/mol. The summed E-state index contributed by atoms with van der Waals surface area (Å²) >= 11 is 0. The van der Waals surface area contributed by atoms with E-state index in [2.05, 4.69) is 10.2 Å². The number of ether oxygens (including phenoxy) is 1. The molecule has 2 rings (SSSR count). The molecule has 1 amide bonds. The standard InChI is InChI=1S/C10H19N3O2/c1-15-10(14)13-4-2-12(3-5-13)8-9-6-11-7-9/h9,11H,2-8H2,1H3. The van der Waals surface area contributed by atoms with Gasteiger partial charge in [-0.3, -0.25) is 4.90 Å². The van der Waals surface area contributed by atoms with Crippen LogP contribution in [0.2, 0.25) is 0 Å². The molecule has 2 aliphatic rings. The zero-order valence-electron chi connectivity index (χ0n) is 9.24. The molecule has 0 aromatic carbocycles. The molecule has 0 radical (unpaired) electrons. The minimum absolute atomic E-state index is 0.194. The Balaban J connectivity index is 1.69. The van der Waals surface area contributed by atoms with Gasteiger partial charge in [-0.1, -0.05) is 0 Å². The molecule has 5 nitrogen and oxygen atoms in total. The molecule has 2 fully saturated rings. The summed E-state index contributed by atoms with van der Waals surface area (Å²) in [7, 11) is 1.44. The molecule has 0 unspecified atom stereocenters. The molecule has 0 atom stereocenters. The van der Waals surface area contributed by atoms with E-state index in [-0.39, 0.29) is 6.09 Å². The van der Waals surface area contributed by atoms with E-state index in [9.17, 15) is 4.79 Å². The first kappa shape index (κ1) is 10.7. The minimum atomic E-state index is -0.194. The molecular formula is C10H19N3O2. The SMILES string of the molecule is COC(=O)N1CCN(CC2CNC2)CC1. The molecule has 0 spiro atoms. The first-order valence-electron chi connectivity index (χ1n) is 5.55. The number of amides is 1. The highest BCUT2D eigenvalue weighted by Crippen LogP contribution is 2.09. The van der Waals surface area contributed by atoms with Gasteiger partial charge in [0.1, 0.15) is 0 Å². The highest BCUT2D eigenvalue weighted by Gasteiger charge is 2.25. The van der Waals surface area contributed by atoms with E-state index in [1.807, 2.05) is 0 Å². The summed E-state index contributed by atoms with van der Waals surface area (Å²) in [6.07, 6.45) is -0.194. The van der Waals surface area contributed by atoms with Crippen LogP contribution in [0.4, 0.5) is 4.79 Å². The Morgan fingerprint density at radius 2 is 2.00 bits per heavy atom. The third-order valence-electron chi connectivity index (χ3n) is 3.19. The van der Waals surface area contributed by atoms with Crippen molar-refractivity contribution in [3.05, 3.63) is 0 Å². The van der Waals surface area contributed by atoms with Gasteiger partial charge < -0.3 is 15.0 Å². The zero-order valence-corrected chi connectivity index (χ0v) is 9.24. The van der Waals surface area contributed by atoms with Gasteiger partial charge in [-0.25, -0.2) is 4.79 Å². The smallest absolute Gasteiger partial charge is 0.409 e. The van der Waals surface area contributed by atoms with Crippen molar-refractivity contribution in [1.29, 1.82) is 0 Å². The molecule has 0 aromatic heterocycles. The fourth-order valence-corrected chi connectivity index (χ4v) is 2.08. The van der Waals surface area contributed by atoms with Gasteiger partial charge in [0.2, 0.25) is 0 Å². The van der Waals surface area contributed by atoms with Crippen molar-refractivity contribution < 1.29 is 9.53 Å². The van der Waals surface area contributed by atoms with Gasteiger partial charge in [-0.15, -0.1) is 0 Å². The number of hydrogen-bond donors (Lipinski definition) is 1. The largest absolute Gasteiger partial charge is 0.453 e. The van der Waals surface area contributed by atoms with Crippen molar-refractivity contribution in [3.63, 3.8) is 0 Å². The van der Waals surface area contributed by atoms with Gasteiger partial charge in [-0.2, -0.15) is 0 Å². The number of piperazine rings is 1. The second-order valence-electron chi connectivity index (χ2n) is 4.28. The number of carbonyl (C=O) groups is 1. The summed E-state index contributed by atoms with van der Waals surface area (Å²) in [5.74, 6) is 0.815. The highest BCUT2D eigenvalue weighted by atomic mass is 16.5. The van der Waals surface area contributed by atoms with Gasteiger partial charge in [0.05, 0.1) is 7.11 Å². The number of nitrogens with one attached hydrogen (secondary N) is 1. The van der Waals surface area contributed by atoms with E-state index in [0.717, 1.165) is 45.2 Å². The van der Waals surface area contributed by atoms with Crippen LogP contribution < -0.4 is 5.32 Å². The molecule has 15 heavy (non-hydrogen) atoms. The Labute approximate surface area is 90.4 Å². The summed E-state index contributed by atoms with van der Waals surface area (Å²) in [4.78, 5) is 15.4. The minimum Gasteiger partial charge on any atom is -0.453 e. The molecule has 2 saturated heterocycles. The van der Waals surface area contributed by atoms with E-state index in [1.165, 1.54) is 13.7 Å². The Bertz CT molecular complexity index is 223. The highest BCUT2D eigenvalue weighted by molar-refractivity contribution is 5.67. The molecule has 1 N–H and O–H groups in total. The molecule has 2 aliphatic heterocycles. The summed E-state index contributed by atoms with van der Waals surface area (Å²) in [6.45, 7) is 7.02. The summed E-state index contributed by atoms with van der Waals surface area (Å²) < 4.78 is 4.70. The van der Waals surface area contributed by atoms with E-state index >= 15 is 0 Å². The molecule has 86 valence electrons. The Morgan fingerprint density at radius 1 is 1.33 bits per heavy atom. The van der Waals surface area contributed by atoms with Crippen LogP contribution in [0, 0.1) is 5.92 Å². The molecular weight excluding hydrogens is 194 g/mol. The fourth-order valence-electron chi connectivity index (χ4n) is 2.08. The average molecular weight is 213 g/mol. The number of methoxy groups -OCH3 is 1. The molecule has 5 heteroatoms. The predicted octanol–water partition coefficient (Wildman–Crippen LogP) is -0.410. The van der Waals surface area contributed by atoms with E-state index in [4.69, 9.17) is 4.74 Å². The molecule has 0 aromatic rings. The maximum absolute atomic E-state index is 11.2. The van der Waals surface area contributed by atoms with Gasteiger partial charge in [-0.05, 0) is 5.92 Å². The lowest BCUT2D eigenvalue weighted by Crippen LogP contribution is -2.54. The van der Waals surface area contributed by atoms with Gasteiger partial charge in [0.25, 0.3) is 0 Å². The maximum atomic E-state index is 11.2. The molecule has 0 bridgehead atoms. The number of hydrogen-bond acceptors (Lipinski definition) is 4. The van der Waals surface area contributed by atoms with E-state index < -0.39 is 0 Å². The second kappa shape index (κ2) is 4.81. The van der Waals surface area contributed by atoms with Crippen LogP contribution >= 0.6 is 0 Å².